The summed E-state index contributed by atoms with van der Waals surface area (Å²) in [5, 5.41) is 3.57. The van der Waals surface area contributed by atoms with Crippen LogP contribution in [0.2, 0.25) is 0 Å². The second kappa shape index (κ2) is 5.28. The van der Waals surface area contributed by atoms with Gasteiger partial charge in [-0.3, -0.25) is 0 Å². The van der Waals surface area contributed by atoms with Gasteiger partial charge in [-0.05, 0) is 52.9 Å². The third kappa shape index (κ3) is 3.16. The van der Waals surface area contributed by atoms with Gasteiger partial charge in [0.2, 0.25) is 0 Å². The van der Waals surface area contributed by atoms with Crippen molar-refractivity contribution < 1.29 is 0 Å². The van der Waals surface area contributed by atoms with Crippen molar-refractivity contribution in [3.05, 3.63) is 0 Å². The Morgan fingerprint density at radius 1 is 1.27 bits per heavy atom. The van der Waals surface area contributed by atoms with Crippen LogP contribution in [0.1, 0.15) is 25.7 Å². The van der Waals surface area contributed by atoms with Crippen LogP contribution in [0.25, 0.3) is 0 Å². The van der Waals surface area contributed by atoms with E-state index in [9.17, 15) is 0 Å². The number of likely N-dealkylation sites (tertiary alicyclic amines) is 1. The van der Waals surface area contributed by atoms with Crippen LogP contribution in [0.15, 0.2) is 0 Å². The van der Waals surface area contributed by atoms with Gasteiger partial charge in [0.1, 0.15) is 0 Å². The number of nitrogens with zero attached hydrogens (tertiary/aromatic N) is 2. The standard InChI is InChI=1S/C12H25N3/c1-14(9-11-5-3-7-13-11)10-12-6-4-8-15(12)2/h11-13H,3-10H2,1-2H3/t11-,12?/m1/s1. The van der Waals surface area contributed by atoms with Gasteiger partial charge in [0.05, 0.1) is 0 Å². The molecule has 1 unspecified atom stereocenters. The van der Waals surface area contributed by atoms with E-state index in [0.717, 1.165) is 12.1 Å². The Hall–Kier alpha value is -0.120. The summed E-state index contributed by atoms with van der Waals surface area (Å²) >= 11 is 0. The molecule has 0 aromatic heterocycles. The lowest BCUT2D eigenvalue weighted by molar-refractivity contribution is 0.209. The molecular formula is C12H25N3. The summed E-state index contributed by atoms with van der Waals surface area (Å²) in [5.74, 6) is 0. The largest absolute Gasteiger partial charge is 0.313 e. The summed E-state index contributed by atoms with van der Waals surface area (Å²) in [6.07, 6.45) is 5.50. The second-order valence-electron chi connectivity index (χ2n) is 5.29. The lowest BCUT2D eigenvalue weighted by Crippen LogP contribution is -2.42. The van der Waals surface area contributed by atoms with Gasteiger partial charge in [-0.2, -0.15) is 0 Å². The topological polar surface area (TPSA) is 18.5 Å². The maximum Gasteiger partial charge on any atom is 0.0220 e. The summed E-state index contributed by atoms with van der Waals surface area (Å²) in [6.45, 7) is 4.99. The van der Waals surface area contributed by atoms with E-state index in [0.29, 0.717) is 0 Å². The van der Waals surface area contributed by atoms with E-state index < -0.39 is 0 Å². The molecular weight excluding hydrogens is 186 g/mol. The highest BCUT2D eigenvalue weighted by atomic mass is 15.2. The van der Waals surface area contributed by atoms with Crippen LogP contribution in [0.5, 0.6) is 0 Å². The Balaban J connectivity index is 1.69. The molecule has 0 radical (unpaired) electrons. The van der Waals surface area contributed by atoms with E-state index in [1.807, 2.05) is 0 Å². The SMILES string of the molecule is CN(CC1CCCN1C)C[C@H]1CCCN1. The molecule has 3 heteroatoms. The first-order valence-electron chi connectivity index (χ1n) is 6.38. The van der Waals surface area contributed by atoms with Crippen LogP contribution in [0.3, 0.4) is 0 Å². The number of rotatable bonds is 4. The Kier molecular flexibility index (Phi) is 4.00. The number of nitrogens with one attached hydrogen (secondary N) is 1. The minimum Gasteiger partial charge on any atom is -0.313 e. The van der Waals surface area contributed by atoms with Crippen molar-refractivity contribution in [2.75, 3.05) is 40.3 Å². The minimum absolute atomic E-state index is 0.752. The highest BCUT2D eigenvalue weighted by molar-refractivity contribution is 4.82. The molecule has 2 saturated heterocycles. The van der Waals surface area contributed by atoms with Crippen molar-refractivity contribution in [3.63, 3.8) is 0 Å². The molecule has 3 nitrogen and oxygen atoms in total. The molecule has 2 rings (SSSR count). The van der Waals surface area contributed by atoms with Crippen molar-refractivity contribution in [3.8, 4) is 0 Å². The fraction of sp³-hybridized carbons (Fsp3) is 1.00. The van der Waals surface area contributed by atoms with E-state index in [-0.39, 0.29) is 0 Å². The zero-order chi connectivity index (χ0) is 10.7. The predicted molar refractivity (Wildman–Crippen MR) is 64.2 cm³/mol. The van der Waals surface area contributed by atoms with E-state index >= 15 is 0 Å². The number of hydrogen-bond donors (Lipinski definition) is 1. The number of hydrogen-bond acceptors (Lipinski definition) is 3. The Labute approximate surface area is 93.8 Å². The highest BCUT2D eigenvalue weighted by Crippen LogP contribution is 2.16. The minimum atomic E-state index is 0.752. The van der Waals surface area contributed by atoms with Gasteiger partial charge in [-0.1, -0.05) is 0 Å². The summed E-state index contributed by atoms with van der Waals surface area (Å²) < 4.78 is 0. The summed E-state index contributed by atoms with van der Waals surface area (Å²) in [4.78, 5) is 5.02. The third-order valence-electron chi connectivity index (χ3n) is 3.89. The van der Waals surface area contributed by atoms with Crippen molar-refractivity contribution in [1.82, 2.24) is 15.1 Å². The van der Waals surface area contributed by atoms with Crippen molar-refractivity contribution in [1.29, 1.82) is 0 Å². The first-order valence-corrected chi connectivity index (χ1v) is 6.38. The molecule has 0 bridgehead atoms. The summed E-state index contributed by atoms with van der Waals surface area (Å²) in [7, 11) is 4.53. The zero-order valence-electron chi connectivity index (χ0n) is 10.2. The molecule has 0 amide bonds. The Morgan fingerprint density at radius 3 is 2.73 bits per heavy atom. The van der Waals surface area contributed by atoms with Gasteiger partial charge in [0.15, 0.2) is 0 Å². The van der Waals surface area contributed by atoms with Crippen molar-refractivity contribution >= 4 is 0 Å². The van der Waals surface area contributed by atoms with Gasteiger partial charge >= 0.3 is 0 Å². The molecule has 15 heavy (non-hydrogen) atoms. The summed E-state index contributed by atoms with van der Waals surface area (Å²) in [5.41, 5.74) is 0. The molecule has 2 heterocycles. The monoisotopic (exact) mass is 211 g/mol. The van der Waals surface area contributed by atoms with E-state index in [1.165, 1.54) is 51.9 Å². The molecule has 0 aromatic carbocycles. The maximum atomic E-state index is 3.57. The third-order valence-corrected chi connectivity index (χ3v) is 3.89. The predicted octanol–water partition coefficient (Wildman–Crippen LogP) is 0.764. The van der Waals surface area contributed by atoms with Crippen LogP contribution in [-0.4, -0.2) is 62.2 Å². The van der Waals surface area contributed by atoms with Gasteiger partial charge in [-0.15, -0.1) is 0 Å². The number of likely N-dealkylation sites (N-methyl/N-ethyl adjacent to an activating group) is 2. The smallest absolute Gasteiger partial charge is 0.0220 e. The lowest BCUT2D eigenvalue weighted by Gasteiger charge is -2.27. The van der Waals surface area contributed by atoms with Crippen LogP contribution >= 0.6 is 0 Å². The van der Waals surface area contributed by atoms with E-state index in [1.54, 1.807) is 0 Å². The average Bonchev–Trinajstić information content (AvgIpc) is 2.79. The van der Waals surface area contributed by atoms with E-state index in [4.69, 9.17) is 0 Å². The van der Waals surface area contributed by atoms with Crippen LogP contribution < -0.4 is 5.32 Å². The van der Waals surface area contributed by atoms with Crippen LogP contribution in [-0.2, 0) is 0 Å². The van der Waals surface area contributed by atoms with Gasteiger partial charge in [-0.25, -0.2) is 0 Å². The summed E-state index contributed by atoms with van der Waals surface area (Å²) in [6, 6.07) is 1.55. The highest BCUT2D eigenvalue weighted by Gasteiger charge is 2.23. The molecule has 0 aromatic rings. The first-order chi connectivity index (χ1) is 7.25. The maximum absolute atomic E-state index is 3.57. The molecule has 2 aliphatic heterocycles. The second-order valence-corrected chi connectivity index (χ2v) is 5.29. The van der Waals surface area contributed by atoms with Crippen LogP contribution in [0, 0.1) is 0 Å². The Bertz CT molecular complexity index is 189. The molecule has 2 fully saturated rings. The fourth-order valence-electron chi connectivity index (χ4n) is 2.93. The first kappa shape index (κ1) is 11.4. The molecule has 2 aliphatic rings. The molecule has 0 spiro atoms. The molecule has 1 N–H and O–H groups in total. The zero-order valence-corrected chi connectivity index (χ0v) is 10.2. The van der Waals surface area contributed by atoms with Gasteiger partial charge in [0, 0.05) is 25.2 Å². The average molecular weight is 211 g/mol. The van der Waals surface area contributed by atoms with Crippen molar-refractivity contribution in [2.45, 2.75) is 37.8 Å². The lowest BCUT2D eigenvalue weighted by atomic mass is 10.2. The quantitative estimate of drug-likeness (QED) is 0.741. The molecule has 2 atom stereocenters. The normalized spacial score (nSPS) is 33.0. The van der Waals surface area contributed by atoms with Gasteiger partial charge < -0.3 is 15.1 Å². The van der Waals surface area contributed by atoms with Crippen LogP contribution in [0.4, 0.5) is 0 Å². The molecule has 88 valence electrons. The fourth-order valence-corrected chi connectivity index (χ4v) is 2.93. The van der Waals surface area contributed by atoms with Crippen molar-refractivity contribution in [2.24, 2.45) is 0 Å². The van der Waals surface area contributed by atoms with E-state index in [2.05, 4.69) is 29.2 Å². The molecule has 0 saturated carbocycles. The Morgan fingerprint density at radius 2 is 2.13 bits per heavy atom. The molecule has 0 aliphatic carbocycles. The van der Waals surface area contributed by atoms with Gasteiger partial charge in [0.25, 0.3) is 0 Å².